The summed E-state index contributed by atoms with van der Waals surface area (Å²) < 4.78 is 10.7. The van der Waals surface area contributed by atoms with Crippen molar-refractivity contribution in [3.05, 3.63) is 17.7 Å². The average Bonchev–Trinajstić information content (AvgIpc) is 2.94. The summed E-state index contributed by atoms with van der Waals surface area (Å²) in [6.07, 6.45) is 1.20. The zero-order valence-corrected chi connectivity index (χ0v) is 12.8. The summed E-state index contributed by atoms with van der Waals surface area (Å²) in [5.41, 5.74) is 0.913. The van der Waals surface area contributed by atoms with Gasteiger partial charge in [0.1, 0.15) is 5.75 Å². The predicted octanol–water partition coefficient (Wildman–Crippen LogP) is 2.04. The minimum atomic E-state index is 0.242. The molecular weight excluding hydrogens is 268 g/mol. The van der Waals surface area contributed by atoms with Gasteiger partial charge < -0.3 is 14.6 Å². The Morgan fingerprint density at radius 3 is 2.48 bits per heavy atom. The topological polar surface area (TPSA) is 45.2 Å². The molecular formula is C16H24N2O3. The summed E-state index contributed by atoms with van der Waals surface area (Å²) >= 11 is 0. The number of ether oxygens (including phenoxy) is 2. The third-order valence-electron chi connectivity index (χ3n) is 4.59. The first-order chi connectivity index (χ1) is 10.2. The van der Waals surface area contributed by atoms with E-state index in [2.05, 4.69) is 23.6 Å². The number of hydrogen-bond donors (Lipinski definition) is 1. The molecule has 2 aliphatic heterocycles. The lowest BCUT2D eigenvalue weighted by atomic mass is 10.1. The summed E-state index contributed by atoms with van der Waals surface area (Å²) in [5.74, 6) is 1.67. The monoisotopic (exact) mass is 292 g/mol. The van der Waals surface area contributed by atoms with Crippen LogP contribution in [-0.4, -0.2) is 53.9 Å². The Morgan fingerprint density at radius 2 is 1.81 bits per heavy atom. The standard InChI is InChI=1S/C16H24N2O3/c1-3-12(2)18-6-4-17(5-7-18)10-13-8-15-16(9-14(13)19)21-11-20-15/h8-9,12,19H,3-7,10-11H2,1-2H3. The molecule has 0 aliphatic carbocycles. The lowest BCUT2D eigenvalue weighted by Gasteiger charge is -2.37. The van der Waals surface area contributed by atoms with Gasteiger partial charge in [0.25, 0.3) is 0 Å². The van der Waals surface area contributed by atoms with Crippen molar-refractivity contribution in [1.82, 2.24) is 9.80 Å². The smallest absolute Gasteiger partial charge is 0.231 e. The molecule has 5 nitrogen and oxygen atoms in total. The van der Waals surface area contributed by atoms with Crippen LogP contribution in [0.25, 0.3) is 0 Å². The minimum Gasteiger partial charge on any atom is -0.507 e. The van der Waals surface area contributed by atoms with Gasteiger partial charge in [0, 0.05) is 50.4 Å². The van der Waals surface area contributed by atoms with Gasteiger partial charge in [0.05, 0.1) is 0 Å². The molecule has 0 spiro atoms. The molecule has 1 saturated heterocycles. The van der Waals surface area contributed by atoms with Crippen molar-refractivity contribution in [2.75, 3.05) is 33.0 Å². The molecule has 5 heteroatoms. The fraction of sp³-hybridized carbons (Fsp3) is 0.625. The van der Waals surface area contributed by atoms with Crippen LogP contribution < -0.4 is 9.47 Å². The van der Waals surface area contributed by atoms with Crippen molar-refractivity contribution in [2.45, 2.75) is 32.9 Å². The van der Waals surface area contributed by atoms with E-state index in [9.17, 15) is 5.11 Å². The van der Waals surface area contributed by atoms with Crippen LogP contribution in [0.3, 0.4) is 0 Å². The van der Waals surface area contributed by atoms with Gasteiger partial charge in [-0.1, -0.05) is 6.92 Å². The third-order valence-corrected chi connectivity index (χ3v) is 4.59. The molecule has 1 unspecified atom stereocenters. The van der Waals surface area contributed by atoms with Gasteiger partial charge in [-0.2, -0.15) is 0 Å². The second-order valence-corrected chi connectivity index (χ2v) is 5.90. The van der Waals surface area contributed by atoms with E-state index >= 15 is 0 Å². The summed E-state index contributed by atoms with van der Waals surface area (Å²) in [6, 6.07) is 4.22. The second kappa shape index (κ2) is 6.12. The largest absolute Gasteiger partial charge is 0.507 e. The number of rotatable bonds is 4. The van der Waals surface area contributed by atoms with Crippen LogP contribution in [0.15, 0.2) is 12.1 Å². The Hall–Kier alpha value is -1.46. The Bertz CT molecular complexity index is 499. The van der Waals surface area contributed by atoms with Gasteiger partial charge in [-0.3, -0.25) is 9.80 Å². The molecule has 0 aromatic heterocycles. The molecule has 0 saturated carbocycles. The highest BCUT2D eigenvalue weighted by atomic mass is 16.7. The van der Waals surface area contributed by atoms with Crippen LogP contribution in [-0.2, 0) is 6.54 Å². The molecule has 2 heterocycles. The third kappa shape index (κ3) is 3.09. The Kier molecular flexibility index (Phi) is 4.22. The quantitative estimate of drug-likeness (QED) is 0.920. The lowest BCUT2D eigenvalue weighted by molar-refractivity contribution is 0.0958. The average molecular weight is 292 g/mol. The highest BCUT2D eigenvalue weighted by molar-refractivity contribution is 5.51. The SMILES string of the molecule is CCC(C)N1CCN(Cc2cc3c(cc2O)OCO3)CC1. The van der Waals surface area contributed by atoms with E-state index < -0.39 is 0 Å². The maximum Gasteiger partial charge on any atom is 0.231 e. The molecule has 1 atom stereocenters. The maximum atomic E-state index is 10.1. The highest BCUT2D eigenvalue weighted by Gasteiger charge is 2.22. The zero-order valence-electron chi connectivity index (χ0n) is 12.8. The Labute approximate surface area is 126 Å². The zero-order chi connectivity index (χ0) is 14.8. The molecule has 0 bridgehead atoms. The van der Waals surface area contributed by atoms with Gasteiger partial charge in [-0.05, 0) is 19.4 Å². The van der Waals surface area contributed by atoms with Crippen LogP contribution in [0.2, 0.25) is 0 Å². The number of phenols is 1. The van der Waals surface area contributed by atoms with Crippen LogP contribution in [0.4, 0.5) is 0 Å². The maximum absolute atomic E-state index is 10.1. The normalized spacial score (nSPS) is 20.7. The van der Waals surface area contributed by atoms with Crippen molar-refractivity contribution >= 4 is 0 Å². The van der Waals surface area contributed by atoms with Gasteiger partial charge in [-0.15, -0.1) is 0 Å². The Balaban J connectivity index is 1.61. The van der Waals surface area contributed by atoms with Crippen molar-refractivity contribution in [3.63, 3.8) is 0 Å². The molecule has 116 valence electrons. The first-order valence-electron chi connectivity index (χ1n) is 7.75. The van der Waals surface area contributed by atoms with E-state index in [1.807, 2.05) is 6.07 Å². The summed E-state index contributed by atoms with van der Waals surface area (Å²) in [6.45, 7) is 9.81. The van der Waals surface area contributed by atoms with Crippen LogP contribution in [0.1, 0.15) is 25.8 Å². The first kappa shape index (κ1) is 14.5. The summed E-state index contributed by atoms with van der Waals surface area (Å²) in [4.78, 5) is 4.92. The van der Waals surface area contributed by atoms with Crippen molar-refractivity contribution in [1.29, 1.82) is 0 Å². The molecule has 1 aromatic rings. The summed E-state index contributed by atoms with van der Waals surface area (Å²) in [5, 5.41) is 10.1. The van der Waals surface area contributed by atoms with E-state index in [1.54, 1.807) is 6.07 Å². The second-order valence-electron chi connectivity index (χ2n) is 5.90. The molecule has 0 amide bonds. The van der Waals surface area contributed by atoms with Crippen LogP contribution in [0.5, 0.6) is 17.2 Å². The van der Waals surface area contributed by atoms with Crippen LogP contribution >= 0.6 is 0 Å². The van der Waals surface area contributed by atoms with E-state index in [4.69, 9.17) is 9.47 Å². The fourth-order valence-corrected chi connectivity index (χ4v) is 2.96. The molecule has 21 heavy (non-hydrogen) atoms. The number of fused-ring (bicyclic) bond motifs is 1. The molecule has 3 rings (SSSR count). The minimum absolute atomic E-state index is 0.242. The molecule has 0 radical (unpaired) electrons. The van der Waals surface area contributed by atoms with Gasteiger partial charge >= 0.3 is 0 Å². The van der Waals surface area contributed by atoms with Gasteiger partial charge in [0.2, 0.25) is 6.79 Å². The van der Waals surface area contributed by atoms with Crippen molar-refractivity contribution in [2.24, 2.45) is 0 Å². The number of aromatic hydroxyl groups is 1. The highest BCUT2D eigenvalue weighted by Crippen LogP contribution is 2.38. The van der Waals surface area contributed by atoms with Gasteiger partial charge in [-0.25, -0.2) is 0 Å². The number of piperazine rings is 1. The lowest BCUT2D eigenvalue weighted by Crippen LogP contribution is -2.48. The van der Waals surface area contributed by atoms with E-state index in [1.165, 1.54) is 6.42 Å². The molecule has 1 aromatic carbocycles. The Morgan fingerprint density at radius 1 is 1.14 bits per heavy atom. The number of phenolic OH excluding ortho intramolecular Hbond substituents is 1. The summed E-state index contributed by atoms with van der Waals surface area (Å²) in [7, 11) is 0. The van der Waals surface area contributed by atoms with Gasteiger partial charge in [0.15, 0.2) is 11.5 Å². The van der Waals surface area contributed by atoms with E-state index in [-0.39, 0.29) is 6.79 Å². The van der Waals surface area contributed by atoms with Crippen molar-refractivity contribution < 1.29 is 14.6 Å². The fourth-order valence-electron chi connectivity index (χ4n) is 2.96. The van der Waals surface area contributed by atoms with E-state index in [0.717, 1.165) is 44.0 Å². The first-order valence-corrected chi connectivity index (χ1v) is 7.75. The number of nitrogens with zero attached hydrogens (tertiary/aromatic N) is 2. The predicted molar refractivity (Wildman–Crippen MR) is 80.8 cm³/mol. The van der Waals surface area contributed by atoms with Crippen LogP contribution in [0, 0.1) is 0 Å². The van der Waals surface area contributed by atoms with E-state index in [0.29, 0.717) is 17.5 Å². The number of benzene rings is 1. The van der Waals surface area contributed by atoms with Crippen molar-refractivity contribution in [3.8, 4) is 17.2 Å². The molecule has 1 N–H and O–H groups in total. The number of hydrogen-bond acceptors (Lipinski definition) is 5. The molecule has 2 aliphatic rings. The molecule has 1 fully saturated rings.